The fourth-order valence-corrected chi connectivity index (χ4v) is 3.23. The van der Waals surface area contributed by atoms with Gasteiger partial charge in [-0.3, -0.25) is 4.79 Å². The van der Waals surface area contributed by atoms with Crippen molar-refractivity contribution < 1.29 is 9.53 Å². The van der Waals surface area contributed by atoms with Gasteiger partial charge in [-0.25, -0.2) is 0 Å². The Balaban J connectivity index is 2.55. The SMILES string of the molecule is COC(=O)CC(CCCBr)(c1ccccc1)c1ccccc1. The number of benzene rings is 2. The van der Waals surface area contributed by atoms with Gasteiger partial charge in [-0.2, -0.15) is 0 Å². The minimum absolute atomic E-state index is 0.178. The van der Waals surface area contributed by atoms with Gasteiger partial charge in [-0.05, 0) is 24.0 Å². The van der Waals surface area contributed by atoms with Gasteiger partial charge < -0.3 is 4.74 Å². The van der Waals surface area contributed by atoms with Crippen LogP contribution >= 0.6 is 15.9 Å². The Morgan fingerprint density at radius 3 is 1.91 bits per heavy atom. The Kier molecular flexibility index (Phi) is 6.20. The predicted octanol–water partition coefficient (Wildman–Crippen LogP) is 4.71. The number of rotatable bonds is 7. The highest BCUT2D eigenvalue weighted by Gasteiger charge is 2.36. The molecule has 116 valence electrons. The Labute approximate surface area is 140 Å². The molecule has 0 aliphatic carbocycles. The monoisotopic (exact) mass is 360 g/mol. The van der Waals surface area contributed by atoms with Crippen molar-refractivity contribution in [3.8, 4) is 0 Å². The van der Waals surface area contributed by atoms with Gasteiger partial charge in [0.2, 0.25) is 0 Å². The van der Waals surface area contributed by atoms with Gasteiger partial charge in [-0.1, -0.05) is 76.6 Å². The van der Waals surface area contributed by atoms with Crippen molar-refractivity contribution in [1.29, 1.82) is 0 Å². The van der Waals surface area contributed by atoms with E-state index in [-0.39, 0.29) is 11.4 Å². The molecule has 0 amide bonds. The first-order valence-corrected chi connectivity index (χ1v) is 8.59. The van der Waals surface area contributed by atoms with Gasteiger partial charge in [0.15, 0.2) is 0 Å². The first kappa shape index (κ1) is 16.8. The molecule has 0 bridgehead atoms. The second-order valence-corrected chi connectivity index (χ2v) is 6.15. The van der Waals surface area contributed by atoms with Crippen LogP contribution in [0.25, 0.3) is 0 Å². The normalized spacial score (nSPS) is 11.2. The van der Waals surface area contributed by atoms with E-state index in [2.05, 4.69) is 40.2 Å². The molecule has 0 fully saturated rings. The smallest absolute Gasteiger partial charge is 0.306 e. The number of carbonyl (C=O) groups excluding carboxylic acids is 1. The molecule has 0 saturated carbocycles. The van der Waals surface area contributed by atoms with Crippen molar-refractivity contribution in [3.05, 3.63) is 71.8 Å². The maximum atomic E-state index is 12.1. The van der Waals surface area contributed by atoms with Crippen molar-refractivity contribution in [2.45, 2.75) is 24.7 Å². The Morgan fingerprint density at radius 2 is 1.50 bits per heavy atom. The highest BCUT2D eigenvalue weighted by molar-refractivity contribution is 9.09. The summed E-state index contributed by atoms with van der Waals surface area (Å²) in [5, 5.41) is 0.912. The number of ether oxygens (including phenoxy) is 1. The van der Waals surface area contributed by atoms with E-state index in [4.69, 9.17) is 4.74 Å². The van der Waals surface area contributed by atoms with E-state index >= 15 is 0 Å². The van der Waals surface area contributed by atoms with Gasteiger partial charge in [0.1, 0.15) is 0 Å². The lowest BCUT2D eigenvalue weighted by Gasteiger charge is -2.34. The third-order valence-corrected chi connectivity index (χ3v) is 4.62. The zero-order valence-electron chi connectivity index (χ0n) is 12.8. The predicted molar refractivity (Wildman–Crippen MR) is 93.3 cm³/mol. The molecule has 0 N–H and O–H groups in total. The lowest BCUT2D eigenvalue weighted by molar-refractivity contribution is -0.141. The van der Waals surface area contributed by atoms with E-state index < -0.39 is 0 Å². The average Bonchev–Trinajstić information content (AvgIpc) is 2.60. The van der Waals surface area contributed by atoms with Crippen molar-refractivity contribution >= 4 is 21.9 Å². The molecule has 0 aliphatic rings. The van der Waals surface area contributed by atoms with Gasteiger partial charge >= 0.3 is 5.97 Å². The van der Waals surface area contributed by atoms with Crippen LogP contribution in [0, 0.1) is 0 Å². The zero-order valence-corrected chi connectivity index (χ0v) is 14.4. The number of halogens is 1. The van der Waals surface area contributed by atoms with Gasteiger partial charge in [0, 0.05) is 10.7 Å². The van der Waals surface area contributed by atoms with Crippen LogP contribution in [0.5, 0.6) is 0 Å². The second kappa shape index (κ2) is 8.14. The van der Waals surface area contributed by atoms with Crippen LogP contribution in [0.4, 0.5) is 0 Å². The van der Waals surface area contributed by atoms with Crippen LogP contribution in [0.3, 0.4) is 0 Å². The van der Waals surface area contributed by atoms with Crippen LogP contribution in [0.2, 0.25) is 0 Å². The van der Waals surface area contributed by atoms with Crippen molar-refractivity contribution in [2.75, 3.05) is 12.4 Å². The molecule has 22 heavy (non-hydrogen) atoms. The van der Waals surface area contributed by atoms with E-state index in [0.29, 0.717) is 6.42 Å². The lowest BCUT2D eigenvalue weighted by Crippen LogP contribution is -2.31. The molecule has 2 rings (SSSR count). The number of hydrogen-bond donors (Lipinski definition) is 0. The summed E-state index contributed by atoms with van der Waals surface area (Å²) in [6.45, 7) is 0. The van der Waals surface area contributed by atoms with Crippen LogP contribution in [-0.2, 0) is 14.9 Å². The molecule has 0 saturated heterocycles. The van der Waals surface area contributed by atoms with Crippen molar-refractivity contribution in [2.24, 2.45) is 0 Å². The maximum absolute atomic E-state index is 12.1. The Morgan fingerprint density at radius 1 is 1.00 bits per heavy atom. The summed E-state index contributed by atoms with van der Waals surface area (Å²) in [6, 6.07) is 20.5. The van der Waals surface area contributed by atoms with Crippen LogP contribution in [-0.4, -0.2) is 18.4 Å². The van der Waals surface area contributed by atoms with Gasteiger partial charge in [-0.15, -0.1) is 0 Å². The summed E-state index contributed by atoms with van der Waals surface area (Å²) < 4.78 is 4.98. The zero-order chi connectivity index (χ0) is 15.8. The van der Waals surface area contributed by atoms with E-state index in [1.807, 2.05) is 36.4 Å². The summed E-state index contributed by atoms with van der Waals surface area (Å²) in [6.07, 6.45) is 2.23. The highest BCUT2D eigenvalue weighted by Crippen LogP contribution is 2.40. The molecule has 0 heterocycles. The average molecular weight is 361 g/mol. The number of hydrogen-bond acceptors (Lipinski definition) is 2. The molecule has 3 heteroatoms. The quantitative estimate of drug-likeness (QED) is 0.527. The first-order chi connectivity index (χ1) is 10.7. The third-order valence-electron chi connectivity index (χ3n) is 4.06. The minimum Gasteiger partial charge on any atom is -0.469 e. The first-order valence-electron chi connectivity index (χ1n) is 7.47. The molecule has 0 spiro atoms. The molecule has 2 aromatic carbocycles. The molecule has 0 radical (unpaired) electrons. The summed E-state index contributed by atoms with van der Waals surface area (Å²) in [7, 11) is 1.45. The van der Waals surface area contributed by atoms with Crippen LogP contribution in [0.15, 0.2) is 60.7 Å². The number of carbonyl (C=O) groups is 1. The Bertz CT molecular complexity index is 541. The molecule has 2 aromatic rings. The van der Waals surface area contributed by atoms with Crippen LogP contribution in [0.1, 0.15) is 30.4 Å². The van der Waals surface area contributed by atoms with Crippen molar-refractivity contribution in [1.82, 2.24) is 0 Å². The summed E-state index contributed by atoms with van der Waals surface area (Å²) in [4.78, 5) is 12.1. The Hall–Kier alpha value is -1.61. The maximum Gasteiger partial charge on any atom is 0.306 e. The molecular weight excluding hydrogens is 340 g/mol. The van der Waals surface area contributed by atoms with E-state index in [1.54, 1.807) is 0 Å². The highest BCUT2D eigenvalue weighted by atomic mass is 79.9. The lowest BCUT2D eigenvalue weighted by atomic mass is 9.69. The van der Waals surface area contributed by atoms with Gasteiger partial charge in [0.25, 0.3) is 0 Å². The molecule has 0 aromatic heterocycles. The summed E-state index contributed by atoms with van der Waals surface area (Å²) >= 11 is 3.51. The standard InChI is InChI=1S/C19H21BrO2/c1-22-18(21)15-19(13-8-14-20,16-9-4-2-5-10-16)17-11-6-3-7-12-17/h2-7,9-12H,8,13-15H2,1H3. The van der Waals surface area contributed by atoms with Crippen LogP contribution < -0.4 is 0 Å². The molecule has 0 atom stereocenters. The fourth-order valence-electron chi connectivity index (χ4n) is 2.95. The molecule has 0 aliphatic heterocycles. The fraction of sp³-hybridized carbons (Fsp3) is 0.316. The molecule has 2 nitrogen and oxygen atoms in total. The largest absolute Gasteiger partial charge is 0.469 e. The number of methoxy groups -OCH3 is 1. The number of alkyl halides is 1. The van der Waals surface area contributed by atoms with E-state index in [9.17, 15) is 4.79 Å². The van der Waals surface area contributed by atoms with Crippen molar-refractivity contribution in [3.63, 3.8) is 0 Å². The second-order valence-electron chi connectivity index (χ2n) is 5.36. The molecular formula is C19H21BrO2. The third kappa shape index (κ3) is 3.77. The molecule has 0 unspecified atom stereocenters. The summed E-state index contributed by atoms with van der Waals surface area (Å²) in [5.41, 5.74) is 1.98. The summed E-state index contributed by atoms with van der Waals surface area (Å²) in [5.74, 6) is -0.178. The van der Waals surface area contributed by atoms with E-state index in [0.717, 1.165) is 29.3 Å². The number of esters is 1. The van der Waals surface area contributed by atoms with Gasteiger partial charge in [0.05, 0.1) is 13.5 Å². The van der Waals surface area contributed by atoms with E-state index in [1.165, 1.54) is 7.11 Å². The topological polar surface area (TPSA) is 26.3 Å². The minimum atomic E-state index is -0.344.